The third kappa shape index (κ3) is 3.89. The second-order valence-corrected chi connectivity index (χ2v) is 6.53. The van der Waals surface area contributed by atoms with E-state index in [2.05, 4.69) is 11.0 Å². The average Bonchev–Trinajstić information content (AvgIpc) is 3.15. The van der Waals surface area contributed by atoms with Gasteiger partial charge in [0, 0.05) is 38.8 Å². The van der Waals surface area contributed by atoms with Crippen LogP contribution in [0.5, 0.6) is 11.5 Å². The second-order valence-electron chi connectivity index (χ2n) is 6.53. The molecule has 0 bridgehead atoms. The Hall–Kier alpha value is -2.79. The quantitative estimate of drug-likeness (QED) is 0.795. The fourth-order valence-corrected chi connectivity index (χ4v) is 3.26. The van der Waals surface area contributed by atoms with Gasteiger partial charge >= 0.3 is 0 Å². The van der Waals surface area contributed by atoms with Gasteiger partial charge in [-0.15, -0.1) is 0 Å². The highest BCUT2D eigenvalue weighted by Gasteiger charge is 2.20. The van der Waals surface area contributed by atoms with Crippen LogP contribution in [0.15, 0.2) is 54.6 Å². The molecule has 0 aliphatic carbocycles. The molecule has 0 aromatic heterocycles. The van der Waals surface area contributed by atoms with Gasteiger partial charge in [0.2, 0.25) is 12.7 Å². The molecule has 2 aromatic rings. The topological polar surface area (TPSA) is 42.0 Å². The molecule has 0 atom stereocenters. The van der Waals surface area contributed by atoms with Crippen LogP contribution < -0.4 is 9.47 Å². The Morgan fingerprint density at radius 1 is 0.962 bits per heavy atom. The highest BCUT2D eigenvalue weighted by Crippen LogP contribution is 2.32. The first-order valence-corrected chi connectivity index (χ1v) is 8.91. The molecule has 134 valence electrons. The molecule has 0 spiro atoms. The summed E-state index contributed by atoms with van der Waals surface area (Å²) in [4.78, 5) is 16.6. The molecule has 1 fully saturated rings. The molecule has 0 unspecified atom stereocenters. The number of rotatable bonds is 4. The van der Waals surface area contributed by atoms with Gasteiger partial charge in [0.1, 0.15) is 0 Å². The predicted molar refractivity (Wildman–Crippen MR) is 99.9 cm³/mol. The minimum Gasteiger partial charge on any atom is -0.454 e. The van der Waals surface area contributed by atoms with Crippen LogP contribution in [0, 0.1) is 0 Å². The van der Waals surface area contributed by atoms with Crippen LogP contribution in [-0.4, -0.2) is 48.7 Å². The molecule has 1 amide bonds. The third-order valence-corrected chi connectivity index (χ3v) is 4.75. The first-order valence-electron chi connectivity index (χ1n) is 8.91. The van der Waals surface area contributed by atoms with Crippen molar-refractivity contribution in [3.05, 3.63) is 65.7 Å². The van der Waals surface area contributed by atoms with Crippen molar-refractivity contribution >= 4 is 12.0 Å². The number of benzene rings is 2. The molecule has 26 heavy (non-hydrogen) atoms. The lowest BCUT2D eigenvalue weighted by atomic mass is 10.1. The van der Waals surface area contributed by atoms with Crippen LogP contribution in [-0.2, 0) is 11.3 Å². The zero-order valence-electron chi connectivity index (χ0n) is 14.6. The summed E-state index contributed by atoms with van der Waals surface area (Å²) in [6.45, 7) is 4.42. The number of hydrogen-bond acceptors (Lipinski definition) is 4. The fraction of sp³-hybridized carbons (Fsp3) is 0.286. The van der Waals surface area contributed by atoms with Crippen molar-refractivity contribution in [3.8, 4) is 11.5 Å². The van der Waals surface area contributed by atoms with E-state index in [0.29, 0.717) is 6.79 Å². The van der Waals surface area contributed by atoms with E-state index in [-0.39, 0.29) is 5.91 Å². The Balaban J connectivity index is 1.28. The van der Waals surface area contributed by atoms with Crippen molar-refractivity contribution in [2.75, 3.05) is 33.0 Å². The van der Waals surface area contributed by atoms with Crippen LogP contribution >= 0.6 is 0 Å². The van der Waals surface area contributed by atoms with E-state index in [1.165, 1.54) is 5.56 Å². The highest BCUT2D eigenvalue weighted by molar-refractivity contribution is 5.91. The van der Waals surface area contributed by atoms with E-state index in [1.54, 1.807) is 6.08 Å². The molecule has 0 saturated carbocycles. The summed E-state index contributed by atoms with van der Waals surface area (Å²) < 4.78 is 10.8. The second kappa shape index (κ2) is 7.62. The summed E-state index contributed by atoms with van der Waals surface area (Å²) in [6, 6.07) is 16.0. The monoisotopic (exact) mass is 350 g/mol. The Morgan fingerprint density at radius 3 is 2.54 bits per heavy atom. The minimum absolute atomic E-state index is 0.0802. The van der Waals surface area contributed by atoms with E-state index < -0.39 is 0 Å². The van der Waals surface area contributed by atoms with Crippen molar-refractivity contribution in [2.24, 2.45) is 0 Å². The minimum atomic E-state index is 0.0802. The molecule has 2 heterocycles. The van der Waals surface area contributed by atoms with Crippen molar-refractivity contribution in [2.45, 2.75) is 6.54 Å². The third-order valence-electron chi connectivity index (χ3n) is 4.75. The lowest BCUT2D eigenvalue weighted by Crippen LogP contribution is -2.47. The molecule has 5 heteroatoms. The summed E-state index contributed by atoms with van der Waals surface area (Å²) in [5.74, 6) is 1.72. The molecule has 2 aliphatic heterocycles. The number of hydrogen-bond donors (Lipinski definition) is 0. The van der Waals surface area contributed by atoms with Crippen molar-refractivity contribution in [1.29, 1.82) is 0 Å². The van der Waals surface area contributed by atoms with Gasteiger partial charge in [-0.2, -0.15) is 0 Å². The SMILES string of the molecule is O=C(/C=C\c1ccccc1)N1CCN(Cc2ccc3c(c2)OCO3)CC1. The maximum absolute atomic E-state index is 12.4. The summed E-state index contributed by atoms with van der Waals surface area (Å²) in [7, 11) is 0. The summed E-state index contributed by atoms with van der Waals surface area (Å²) in [6.07, 6.45) is 3.55. The molecular formula is C21H22N2O3. The van der Waals surface area contributed by atoms with Crippen LogP contribution in [0.4, 0.5) is 0 Å². The van der Waals surface area contributed by atoms with E-state index >= 15 is 0 Å². The molecule has 2 aliphatic rings. The van der Waals surface area contributed by atoms with Gasteiger partial charge in [0.15, 0.2) is 11.5 Å². The lowest BCUT2D eigenvalue weighted by Gasteiger charge is -2.34. The van der Waals surface area contributed by atoms with Gasteiger partial charge in [-0.3, -0.25) is 9.69 Å². The Kier molecular flexibility index (Phi) is 4.88. The van der Waals surface area contributed by atoms with E-state index in [0.717, 1.165) is 49.8 Å². The van der Waals surface area contributed by atoms with Gasteiger partial charge in [0.05, 0.1) is 0 Å². The standard InChI is InChI=1S/C21H22N2O3/c24-21(9-7-17-4-2-1-3-5-17)23-12-10-22(11-13-23)15-18-6-8-19-20(14-18)26-16-25-19/h1-9,14H,10-13,15-16H2/b9-7-. The number of carbonyl (C=O) groups excluding carboxylic acids is 1. The molecule has 1 saturated heterocycles. The van der Waals surface area contributed by atoms with Crippen LogP contribution in [0.2, 0.25) is 0 Å². The summed E-state index contributed by atoms with van der Waals surface area (Å²) in [5, 5.41) is 0. The Morgan fingerprint density at radius 2 is 1.73 bits per heavy atom. The summed E-state index contributed by atoms with van der Waals surface area (Å²) >= 11 is 0. The maximum Gasteiger partial charge on any atom is 0.246 e. The van der Waals surface area contributed by atoms with Crippen LogP contribution in [0.25, 0.3) is 6.08 Å². The number of amides is 1. The largest absolute Gasteiger partial charge is 0.454 e. The predicted octanol–water partition coefficient (Wildman–Crippen LogP) is 2.77. The van der Waals surface area contributed by atoms with E-state index in [1.807, 2.05) is 53.4 Å². The highest BCUT2D eigenvalue weighted by atomic mass is 16.7. The number of nitrogens with zero attached hydrogens (tertiary/aromatic N) is 2. The molecule has 0 N–H and O–H groups in total. The summed E-state index contributed by atoms with van der Waals surface area (Å²) in [5.41, 5.74) is 2.25. The average molecular weight is 350 g/mol. The van der Waals surface area contributed by atoms with Crippen LogP contribution in [0.3, 0.4) is 0 Å². The normalized spacial score (nSPS) is 17.0. The molecule has 2 aromatic carbocycles. The fourth-order valence-electron chi connectivity index (χ4n) is 3.26. The van der Waals surface area contributed by atoms with Gasteiger partial charge < -0.3 is 14.4 Å². The van der Waals surface area contributed by atoms with Gasteiger partial charge in [-0.25, -0.2) is 0 Å². The lowest BCUT2D eigenvalue weighted by molar-refractivity contribution is -0.127. The van der Waals surface area contributed by atoms with E-state index in [9.17, 15) is 4.79 Å². The van der Waals surface area contributed by atoms with Crippen molar-refractivity contribution < 1.29 is 14.3 Å². The zero-order valence-corrected chi connectivity index (χ0v) is 14.6. The Bertz CT molecular complexity index is 796. The first kappa shape index (κ1) is 16.7. The smallest absolute Gasteiger partial charge is 0.246 e. The van der Waals surface area contributed by atoms with Gasteiger partial charge in [-0.05, 0) is 29.3 Å². The van der Waals surface area contributed by atoms with Crippen LogP contribution in [0.1, 0.15) is 11.1 Å². The van der Waals surface area contributed by atoms with E-state index in [4.69, 9.17) is 9.47 Å². The number of ether oxygens (including phenoxy) is 2. The van der Waals surface area contributed by atoms with Crippen molar-refractivity contribution in [1.82, 2.24) is 9.80 Å². The molecule has 5 nitrogen and oxygen atoms in total. The first-order chi connectivity index (χ1) is 12.8. The molecular weight excluding hydrogens is 328 g/mol. The molecule has 0 radical (unpaired) electrons. The Labute approximate surface area is 153 Å². The number of carbonyl (C=O) groups is 1. The van der Waals surface area contributed by atoms with Gasteiger partial charge in [-0.1, -0.05) is 36.4 Å². The number of piperazine rings is 1. The zero-order chi connectivity index (χ0) is 17.8. The number of fused-ring (bicyclic) bond motifs is 1. The van der Waals surface area contributed by atoms with Gasteiger partial charge in [0.25, 0.3) is 0 Å². The van der Waals surface area contributed by atoms with Crippen molar-refractivity contribution in [3.63, 3.8) is 0 Å². The molecule has 4 rings (SSSR count). The maximum atomic E-state index is 12.4.